The topological polar surface area (TPSA) is 50.7 Å². The van der Waals surface area contributed by atoms with E-state index >= 15 is 0 Å². The van der Waals surface area contributed by atoms with Crippen LogP contribution in [0.25, 0.3) is 6.08 Å². The molecule has 0 saturated carbocycles. The Bertz CT molecular complexity index is 799. The van der Waals surface area contributed by atoms with Crippen LogP contribution < -0.4 is 10.2 Å². The van der Waals surface area contributed by atoms with Crippen LogP contribution in [0.4, 0.5) is 0 Å². The second kappa shape index (κ2) is 9.18. The van der Waals surface area contributed by atoms with Gasteiger partial charge in [0.2, 0.25) is 0 Å². The van der Waals surface area contributed by atoms with Crippen molar-refractivity contribution in [3.63, 3.8) is 0 Å². The number of hydrogen-bond donors (Lipinski definition) is 1. The minimum absolute atomic E-state index is 0.0809. The number of hydrogen-bond acceptors (Lipinski definition) is 3. The highest BCUT2D eigenvalue weighted by molar-refractivity contribution is 9.12. The van der Waals surface area contributed by atoms with Crippen LogP contribution in [0, 0.1) is 20.8 Å². The Morgan fingerprint density at radius 2 is 1.80 bits per heavy atom. The quantitative estimate of drug-likeness (QED) is 0.571. The Morgan fingerprint density at radius 1 is 1.12 bits per heavy atom. The number of hydrazone groups is 1. The molecule has 4 nitrogen and oxygen atoms in total. The van der Waals surface area contributed by atoms with E-state index in [4.69, 9.17) is 4.74 Å². The monoisotopic (exact) mass is 400 g/mol. The van der Waals surface area contributed by atoms with Gasteiger partial charge in [-0.3, -0.25) is 4.79 Å². The number of allylic oxidation sites excluding steroid dienone is 1. The van der Waals surface area contributed by atoms with Crippen molar-refractivity contribution in [2.24, 2.45) is 5.10 Å². The highest BCUT2D eigenvalue weighted by Gasteiger charge is 2.08. The number of nitrogens with one attached hydrogen (secondary N) is 1. The standard InChI is InChI=1S/C20H21BrN2O2/c1-14-9-10-15(2)20(16(14)3)25-13-19(24)23-22-12-18(21)11-17-7-5-4-6-8-17/h4-12H,13H2,1-3H3,(H,23,24)/b18-11-,22-12-. The lowest BCUT2D eigenvalue weighted by atomic mass is 10.1. The van der Waals surface area contributed by atoms with E-state index in [2.05, 4.69) is 26.5 Å². The molecule has 0 aromatic heterocycles. The molecule has 0 fully saturated rings. The lowest BCUT2D eigenvalue weighted by molar-refractivity contribution is -0.123. The van der Waals surface area contributed by atoms with Gasteiger partial charge in [0, 0.05) is 4.48 Å². The largest absolute Gasteiger partial charge is 0.483 e. The van der Waals surface area contributed by atoms with E-state index in [0.29, 0.717) is 0 Å². The molecule has 2 aromatic rings. The van der Waals surface area contributed by atoms with Crippen LogP contribution in [0.15, 0.2) is 52.0 Å². The maximum absolute atomic E-state index is 11.9. The molecule has 2 rings (SSSR count). The number of amides is 1. The first-order chi connectivity index (χ1) is 12.0. The van der Waals surface area contributed by atoms with Crippen molar-refractivity contribution >= 4 is 34.1 Å². The summed E-state index contributed by atoms with van der Waals surface area (Å²) in [6.07, 6.45) is 3.44. The molecular weight excluding hydrogens is 380 g/mol. The molecule has 2 aromatic carbocycles. The fraction of sp³-hybridized carbons (Fsp3) is 0.200. The van der Waals surface area contributed by atoms with Crippen LogP contribution in [0.1, 0.15) is 22.3 Å². The lowest BCUT2D eigenvalue weighted by Gasteiger charge is -2.13. The third-order valence-corrected chi connectivity index (χ3v) is 4.14. The predicted molar refractivity (Wildman–Crippen MR) is 106 cm³/mol. The van der Waals surface area contributed by atoms with Gasteiger partial charge in [0.25, 0.3) is 5.91 Å². The summed E-state index contributed by atoms with van der Waals surface area (Å²) in [5, 5.41) is 3.92. The van der Waals surface area contributed by atoms with Crippen molar-refractivity contribution in [3.8, 4) is 5.75 Å². The average Bonchev–Trinajstić information content (AvgIpc) is 2.59. The van der Waals surface area contributed by atoms with Crippen molar-refractivity contribution < 1.29 is 9.53 Å². The van der Waals surface area contributed by atoms with E-state index in [-0.39, 0.29) is 12.5 Å². The van der Waals surface area contributed by atoms with E-state index in [9.17, 15) is 4.79 Å². The van der Waals surface area contributed by atoms with Crippen LogP contribution in [-0.4, -0.2) is 18.7 Å². The third kappa shape index (κ3) is 5.87. The number of carbonyl (C=O) groups is 1. The molecular formula is C20H21BrN2O2. The summed E-state index contributed by atoms with van der Waals surface area (Å²) >= 11 is 3.40. The molecule has 0 spiro atoms. The minimum atomic E-state index is -0.309. The van der Waals surface area contributed by atoms with Gasteiger partial charge in [-0.25, -0.2) is 5.43 Å². The van der Waals surface area contributed by atoms with Crippen LogP contribution >= 0.6 is 15.9 Å². The fourth-order valence-corrected chi connectivity index (χ4v) is 2.60. The molecule has 0 radical (unpaired) electrons. The number of ether oxygens (including phenoxy) is 1. The Hall–Kier alpha value is -2.40. The number of nitrogens with zero attached hydrogens (tertiary/aromatic N) is 1. The number of benzene rings is 2. The molecule has 0 bridgehead atoms. The van der Waals surface area contributed by atoms with E-state index in [1.165, 1.54) is 6.21 Å². The van der Waals surface area contributed by atoms with E-state index in [1.807, 2.05) is 69.3 Å². The summed E-state index contributed by atoms with van der Waals surface area (Å²) in [5.74, 6) is 0.445. The highest BCUT2D eigenvalue weighted by atomic mass is 79.9. The van der Waals surface area contributed by atoms with Gasteiger partial charge in [0.15, 0.2) is 6.61 Å². The number of carbonyl (C=O) groups excluding carboxylic acids is 1. The molecule has 5 heteroatoms. The van der Waals surface area contributed by atoms with Gasteiger partial charge in [0.05, 0.1) is 6.21 Å². The Kier molecular flexibility index (Phi) is 6.95. The Morgan fingerprint density at radius 3 is 2.52 bits per heavy atom. The summed E-state index contributed by atoms with van der Waals surface area (Å²) < 4.78 is 6.41. The smallest absolute Gasteiger partial charge is 0.277 e. The normalized spacial score (nSPS) is 11.6. The zero-order valence-electron chi connectivity index (χ0n) is 14.5. The number of aryl methyl sites for hydroxylation is 2. The van der Waals surface area contributed by atoms with Crippen LogP contribution in [0.3, 0.4) is 0 Å². The molecule has 1 N–H and O–H groups in total. The first kappa shape index (κ1) is 18.9. The van der Waals surface area contributed by atoms with Gasteiger partial charge >= 0.3 is 0 Å². The van der Waals surface area contributed by atoms with Gasteiger partial charge in [0.1, 0.15) is 5.75 Å². The van der Waals surface area contributed by atoms with Gasteiger partial charge in [-0.1, -0.05) is 42.5 Å². The van der Waals surface area contributed by atoms with Gasteiger partial charge in [-0.15, -0.1) is 0 Å². The molecule has 1 amide bonds. The number of rotatable bonds is 6. The maximum atomic E-state index is 11.9. The van der Waals surface area contributed by atoms with Crippen molar-refractivity contribution in [1.29, 1.82) is 0 Å². The molecule has 0 aliphatic rings. The van der Waals surface area contributed by atoms with Gasteiger partial charge in [-0.05, 0) is 65.0 Å². The first-order valence-corrected chi connectivity index (χ1v) is 8.70. The molecule has 25 heavy (non-hydrogen) atoms. The Balaban J connectivity index is 1.87. The fourth-order valence-electron chi connectivity index (χ4n) is 2.23. The van der Waals surface area contributed by atoms with E-state index in [0.717, 1.165) is 32.5 Å². The van der Waals surface area contributed by atoms with Crippen molar-refractivity contribution in [2.75, 3.05) is 6.61 Å². The second-order valence-electron chi connectivity index (χ2n) is 5.68. The van der Waals surface area contributed by atoms with Crippen molar-refractivity contribution in [1.82, 2.24) is 5.43 Å². The van der Waals surface area contributed by atoms with Gasteiger partial charge < -0.3 is 4.74 Å². The van der Waals surface area contributed by atoms with Crippen LogP contribution in [-0.2, 0) is 4.79 Å². The summed E-state index contributed by atoms with van der Waals surface area (Å²) in [7, 11) is 0. The van der Waals surface area contributed by atoms with E-state index < -0.39 is 0 Å². The van der Waals surface area contributed by atoms with Crippen molar-refractivity contribution in [2.45, 2.75) is 20.8 Å². The lowest BCUT2D eigenvalue weighted by Crippen LogP contribution is -2.25. The summed E-state index contributed by atoms with van der Waals surface area (Å²) in [5.41, 5.74) is 6.69. The van der Waals surface area contributed by atoms with Crippen molar-refractivity contribution in [3.05, 3.63) is 69.2 Å². The highest BCUT2D eigenvalue weighted by Crippen LogP contribution is 2.25. The van der Waals surface area contributed by atoms with Gasteiger partial charge in [-0.2, -0.15) is 5.10 Å². The minimum Gasteiger partial charge on any atom is -0.483 e. The Labute approximate surface area is 156 Å². The molecule has 0 aliphatic carbocycles. The first-order valence-electron chi connectivity index (χ1n) is 7.91. The molecule has 0 aliphatic heterocycles. The third-order valence-electron chi connectivity index (χ3n) is 3.70. The zero-order valence-corrected chi connectivity index (χ0v) is 16.1. The number of halogens is 1. The molecule has 130 valence electrons. The van der Waals surface area contributed by atoms with Crippen LogP contribution in [0.2, 0.25) is 0 Å². The zero-order chi connectivity index (χ0) is 18.2. The molecule has 0 saturated heterocycles. The van der Waals surface area contributed by atoms with E-state index in [1.54, 1.807) is 0 Å². The maximum Gasteiger partial charge on any atom is 0.277 e. The molecule has 0 unspecified atom stereocenters. The SMILES string of the molecule is Cc1ccc(C)c(OCC(=O)N/N=C\C(Br)=C\c2ccccc2)c1C. The summed E-state index contributed by atoms with van der Waals surface area (Å²) in [6.45, 7) is 5.88. The summed E-state index contributed by atoms with van der Waals surface area (Å²) in [6, 6.07) is 13.9. The summed E-state index contributed by atoms with van der Waals surface area (Å²) in [4.78, 5) is 11.9. The average molecular weight is 401 g/mol. The predicted octanol–water partition coefficient (Wildman–Crippen LogP) is 4.53. The van der Waals surface area contributed by atoms with Crippen LogP contribution in [0.5, 0.6) is 5.75 Å². The second-order valence-corrected chi connectivity index (χ2v) is 6.59. The molecule has 0 heterocycles. The molecule has 0 atom stereocenters.